The fourth-order valence-corrected chi connectivity index (χ4v) is 3.24. The summed E-state index contributed by atoms with van der Waals surface area (Å²) >= 11 is 0. The summed E-state index contributed by atoms with van der Waals surface area (Å²) in [5, 5.41) is 11.5. The lowest BCUT2D eigenvalue weighted by Crippen LogP contribution is -2.22. The number of aryl methyl sites for hydroxylation is 1. The molecule has 0 unspecified atom stereocenters. The first-order valence-electron chi connectivity index (χ1n) is 9.22. The van der Waals surface area contributed by atoms with Gasteiger partial charge in [-0.15, -0.1) is 10.2 Å². The number of benzene rings is 1. The van der Waals surface area contributed by atoms with Crippen LogP contribution in [0.2, 0.25) is 0 Å². The van der Waals surface area contributed by atoms with Gasteiger partial charge in [-0.2, -0.15) is 0 Å². The fourth-order valence-electron chi connectivity index (χ4n) is 3.24. The number of amides is 1. The predicted octanol–water partition coefficient (Wildman–Crippen LogP) is 3.58. The predicted molar refractivity (Wildman–Crippen MR) is 104 cm³/mol. The highest BCUT2D eigenvalue weighted by molar-refractivity contribution is 5.94. The molecule has 6 nitrogen and oxygen atoms in total. The number of carbonyl (C=O) groups excluding carboxylic acids is 1. The molecule has 0 bridgehead atoms. The Hall–Kier alpha value is -3.15. The molecule has 1 N–H and O–H groups in total. The van der Waals surface area contributed by atoms with Crippen molar-refractivity contribution in [3.05, 3.63) is 65.6 Å². The highest BCUT2D eigenvalue weighted by atomic mass is 16.3. The Morgan fingerprint density at radius 3 is 2.44 bits per heavy atom. The monoisotopic (exact) mass is 362 g/mol. The van der Waals surface area contributed by atoms with Gasteiger partial charge in [0.05, 0.1) is 12.2 Å². The van der Waals surface area contributed by atoms with Crippen molar-refractivity contribution < 1.29 is 9.21 Å². The summed E-state index contributed by atoms with van der Waals surface area (Å²) in [5.74, 6) is 2.37. The first-order chi connectivity index (χ1) is 13.2. The van der Waals surface area contributed by atoms with E-state index in [1.165, 1.54) is 12.8 Å². The lowest BCUT2D eigenvalue weighted by atomic mass is 10.1. The molecule has 3 heterocycles. The quantitative estimate of drug-likeness (QED) is 0.751. The second-order valence-electron chi connectivity index (χ2n) is 6.74. The van der Waals surface area contributed by atoms with Crippen molar-refractivity contribution in [3.8, 4) is 11.3 Å². The molecule has 2 aromatic heterocycles. The zero-order valence-corrected chi connectivity index (χ0v) is 15.3. The maximum absolute atomic E-state index is 12.3. The number of aromatic nitrogens is 2. The normalized spacial score (nSPS) is 13.7. The molecule has 0 aliphatic carbocycles. The molecule has 1 saturated heterocycles. The molecule has 1 fully saturated rings. The molecular weight excluding hydrogens is 340 g/mol. The van der Waals surface area contributed by atoms with Crippen molar-refractivity contribution in [2.24, 2.45) is 0 Å². The van der Waals surface area contributed by atoms with E-state index < -0.39 is 0 Å². The van der Waals surface area contributed by atoms with Crippen LogP contribution in [0.5, 0.6) is 0 Å². The van der Waals surface area contributed by atoms with Gasteiger partial charge in [-0.25, -0.2) is 0 Å². The third kappa shape index (κ3) is 4.00. The van der Waals surface area contributed by atoms with Crippen LogP contribution in [-0.4, -0.2) is 29.2 Å². The second kappa shape index (κ2) is 7.61. The molecule has 6 heteroatoms. The molecule has 0 radical (unpaired) electrons. The Balaban J connectivity index is 1.39. The topological polar surface area (TPSA) is 71.3 Å². The number of furan rings is 1. The van der Waals surface area contributed by atoms with Gasteiger partial charge in [0.15, 0.2) is 5.82 Å². The van der Waals surface area contributed by atoms with Crippen molar-refractivity contribution in [1.29, 1.82) is 0 Å². The number of nitrogens with one attached hydrogen (secondary N) is 1. The van der Waals surface area contributed by atoms with Crippen LogP contribution in [0.4, 0.5) is 5.82 Å². The van der Waals surface area contributed by atoms with E-state index >= 15 is 0 Å². The number of nitrogens with zero attached hydrogens (tertiary/aromatic N) is 3. The lowest BCUT2D eigenvalue weighted by Gasteiger charge is -2.15. The first-order valence-corrected chi connectivity index (χ1v) is 9.22. The summed E-state index contributed by atoms with van der Waals surface area (Å²) in [6.07, 6.45) is 2.43. The van der Waals surface area contributed by atoms with Crippen molar-refractivity contribution in [2.45, 2.75) is 26.3 Å². The lowest BCUT2D eigenvalue weighted by molar-refractivity contribution is 0.0948. The van der Waals surface area contributed by atoms with E-state index in [0.29, 0.717) is 12.1 Å². The summed E-state index contributed by atoms with van der Waals surface area (Å²) < 4.78 is 5.46. The largest absolute Gasteiger partial charge is 0.465 e. The van der Waals surface area contributed by atoms with E-state index in [1.54, 1.807) is 12.1 Å². The summed E-state index contributed by atoms with van der Waals surface area (Å²) in [6, 6.07) is 15.1. The minimum atomic E-state index is -0.133. The Morgan fingerprint density at radius 1 is 1.04 bits per heavy atom. The first kappa shape index (κ1) is 17.3. The summed E-state index contributed by atoms with van der Waals surface area (Å²) in [6.45, 7) is 4.35. The average Bonchev–Trinajstić information content (AvgIpc) is 3.38. The molecule has 0 saturated carbocycles. The van der Waals surface area contributed by atoms with Crippen LogP contribution in [0.25, 0.3) is 11.3 Å². The van der Waals surface area contributed by atoms with Gasteiger partial charge in [0.25, 0.3) is 5.91 Å². The van der Waals surface area contributed by atoms with Crippen LogP contribution >= 0.6 is 0 Å². The minimum absolute atomic E-state index is 0.133. The molecule has 0 atom stereocenters. The molecule has 1 aliphatic heterocycles. The fraction of sp³-hybridized carbons (Fsp3) is 0.286. The Kier molecular flexibility index (Phi) is 4.87. The zero-order chi connectivity index (χ0) is 18.6. The van der Waals surface area contributed by atoms with Gasteiger partial charge in [0.2, 0.25) is 0 Å². The van der Waals surface area contributed by atoms with Gasteiger partial charge in [0.1, 0.15) is 11.5 Å². The standard InChI is InChI=1S/C21H22N4O2/c1-15-4-9-18(27-15)14-22-21(26)17-7-5-16(6-8-17)19-10-11-20(24-23-19)25-12-2-3-13-25/h4-11H,2-3,12-14H2,1H3,(H,22,26). The highest BCUT2D eigenvalue weighted by Crippen LogP contribution is 2.21. The smallest absolute Gasteiger partial charge is 0.251 e. The Morgan fingerprint density at radius 2 is 1.81 bits per heavy atom. The molecule has 3 aromatic rings. The number of hydrogen-bond donors (Lipinski definition) is 1. The molecule has 0 spiro atoms. The van der Waals surface area contributed by atoms with Crippen LogP contribution in [0.3, 0.4) is 0 Å². The van der Waals surface area contributed by atoms with Gasteiger partial charge < -0.3 is 14.6 Å². The van der Waals surface area contributed by atoms with Crippen molar-refractivity contribution in [3.63, 3.8) is 0 Å². The number of hydrogen-bond acceptors (Lipinski definition) is 5. The molecule has 138 valence electrons. The van der Waals surface area contributed by atoms with Crippen molar-refractivity contribution in [2.75, 3.05) is 18.0 Å². The molecule has 1 amide bonds. The van der Waals surface area contributed by atoms with Crippen LogP contribution in [0.1, 0.15) is 34.7 Å². The SMILES string of the molecule is Cc1ccc(CNC(=O)c2ccc(-c3ccc(N4CCCC4)nn3)cc2)o1. The maximum atomic E-state index is 12.3. The van der Waals surface area contributed by atoms with E-state index in [0.717, 1.165) is 41.7 Å². The molecule has 4 rings (SSSR count). The van der Waals surface area contributed by atoms with E-state index in [1.807, 2.05) is 43.3 Å². The zero-order valence-electron chi connectivity index (χ0n) is 15.3. The van der Waals surface area contributed by atoms with Gasteiger partial charge in [-0.1, -0.05) is 12.1 Å². The van der Waals surface area contributed by atoms with Crippen molar-refractivity contribution in [1.82, 2.24) is 15.5 Å². The Bertz CT molecular complexity index is 910. The molecular formula is C21H22N4O2. The molecule has 1 aliphatic rings. The summed E-state index contributed by atoms with van der Waals surface area (Å²) in [7, 11) is 0. The second-order valence-corrected chi connectivity index (χ2v) is 6.74. The van der Waals surface area contributed by atoms with Gasteiger partial charge in [-0.3, -0.25) is 4.79 Å². The van der Waals surface area contributed by atoms with E-state index in [2.05, 4.69) is 20.4 Å². The maximum Gasteiger partial charge on any atom is 0.251 e. The summed E-state index contributed by atoms with van der Waals surface area (Å²) in [4.78, 5) is 14.5. The average molecular weight is 362 g/mol. The van der Waals surface area contributed by atoms with Gasteiger partial charge in [-0.05, 0) is 56.2 Å². The number of anilines is 1. The summed E-state index contributed by atoms with van der Waals surface area (Å²) in [5.41, 5.74) is 2.34. The van der Waals surface area contributed by atoms with Crippen LogP contribution in [0, 0.1) is 6.92 Å². The van der Waals surface area contributed by atoms with E-state index in [4.69, 9.17) is 4.42 Å². The number of rotatable bonds is 5. The van der Waals surface area contributed by atoms with Gasteiger partial charge in [0, 0.05) is 24.2 Å². The van der Waals surface area contributed by atoms with Gasteiger partial charge >= 0.3 is 0 Å². The molecule has 27 heavy (non-hydrogen) atoms. The van der Waals surface area contributed by atoms with Crippen molar-refractivity contribution >= 4 is 11.7 Å². The minimum Gasteiger partial charge on any atom is -0.465 e. The van der Waals surface area contributed by atoms with E-state index in [9.17, 15) is 4.79 Å². The Labute approximate surface area is 158 Å². The number of carbonyl (C=O) groups is 1. The van der Waals surface area contributed by atoms with Crippen LogP contribution in [0.15, 0.2) is 52.9 Å². The third-order valence-electron chi connectivity index (χ3n) is 4.74. The molecule has 1 aromatic carbocycles. The highest BCUT2D eigenvalue weighted by Gasteiger charge is 2.14. The van der Waals surface area contributed by atoms with E-state index in [-0.39, 0.29) is 5.91 Å². The van der Waals surface area contributed by atoms with Crippen LogP contribution < -0.4 is 10.2 Å². The van der Waals surface area contributed by atoms with Crippen LogP contribution in [-0.2, 0) is 6.54 Å². The third-order valence-corrected chi connectivity index (χ3v) is 4.74.